The highest BCUT2D eigenvalue weighted by Crippen LogP contribution is 2.22. The summed E-state index contributed by atoms with van der Waals surface area (Å²) in [6, 6.07) is 11.8. The van der Waals surface area contributed by atoms with Gasteiger partial charge in [-0.25, -0.2) is 14.4 Å². The lowest BCUT2D eigenvalue weighted by molar-refractivity contribution is -0.115. The van der Waals surface area contributed by atoms with Crippen LogP contribution in [0.25, 0.3) is 11.2 Å². The number of rotatable bonds is 7. The maximum atomic E-state index is 13.6. The highest BCUT2D eigenvalue weighted by molar-refractivity contribution is 6.30. The Hall–Kier alpha value is -3.52. The molecule has 0 aliphatic carbocycles. The number of carbonyl (C=O) groups is 1. The average Bonchev–Trinajstić information content (AvgIpc) is 3.19. The first-order chi connectivity index (χ1) is 15.4. The highest BCUT2D eigenvalue weighted by atomic mass is 35.5. The monoisotopic (exact) mass is 452 g/mol. The third kappa shape index (κ3) is 5.03. The van der Waals surface area contributed by atoms with Gasteiger partial charge in [-0.1, -0.05) is 29.8 Å². The molecule has 0 fully saturated rings. The number of amides is 1. The first kappa shape index (κ1) is 21.7. The van der Waals surface area contributed by atoms with E-state index < -0.39 is 5.82 Å². The van der Waals surface area contributed by atoms with Crippen LogP contribution in [0.3, 0.4) is 0 Å². The minimum atomic E-state index is -0.540. The number of aryl methyl sites for hydroxylation is 1. The fourth-order valence-corrected chi connectivity index (χ4v) is 3.43. The van der Waals surface area contributed by atoms with Crippen molar-refractivity contribution in [2.75, 3.05) is 10.6 Å². The molecular weight excluding hydrogens is 431 g/mol. The van der Waals surface area contributed by atoms with Crippen molar-refractivity contribution in [1.29, 1.82) is 0 Å². The molecule has 0 bridgehead atoms. The molecule has 7 nitrogen and oxygen atoms in total. The van der Waals surface area contributed by atoms with Gasteiger partial charge in [0.25, 0.3) is 0 Å². The number of benzene rings is 2. The zero-order valence-corrected chi connectivity index (χ0v) is 18.4. The van der Waals surface area contributed by atoms with Crippen LogP contribution in [0, 0.1) is 5.82 Å². The van der Waals surface area contributed by atoms with Crippen molar-refractivity contribution >= 4 is 40.2 Å². The summed E-state index contributed by atoms with van der Waals surface area (Å²) in [5.41, 5.74) is 3.49. The molecule has 32 heavy (non-hydrogen) atoms. The molecule has 164 valence electrons. The predicted octanol–water partition coefficient (Wildman–Crippen LogP) is 4.99. The van der Waals surface area contributed by atoms with Crippen LogP contribution in [0.15, 0.2) is 54.9 Å². The number of hydrogen-bond donors (Lipinski definition) is 2. The van der Waals surface area contributed by atoms with Crippen LogP contribution in [0.5, 0.6) is 0 Å². The van der Waals surface area contributed by atoms with Gasteiger partial charge in [0.15, 0.2) is 0 Å². The van der Waals surface area contributed by atoms with Gasteiger partial charge in [0.05, 0.1) is 29.9 Å². The van der Waals surface area contributed by atoms with Gasteiger partial charge >= 0.3 is 0 Å². The van der Waals surface area contributed by atoms with Crippen LogP contribution in [0.1, 0.15) is 31.0 Å². The van der Waals surface area contributed by atoms with Crippen molar-refractivity contribution < 1.29 is 9.18 Å². The normalized spacial score (nSPS) is 12.0. The number of fused-ring (bicyclic) bond motifs is 1. The maximum Gasteiger partial charge on any atom is 0.228 e. The van der Waals surface area contributed by atoms with E-state index in [9.17, 15) is 9.18 Å². The van der Waals surface area contributed by atoms with Gasteiger partial charge in [-0.05, 0) is 49.2 Å². The molecule has 1 atom stereocenters. The second-order valence-electron chi connectivity index (χ2n) is 7.41. The molecule has 2 N–H and O–H groups in total. The van der Waals surface area contributed by atoms with Crippen molar-refractivity contribution in [2.45, 2.75) is 32.9 Å². The molecule has 9 heteroatoms. The number of halogens is 2. The summed E-state index contributed by atoms with van der Waals surface area (Å²) >= 11 is 5.69. The molecule has 4 aromatic rings. The van der Waals surface area contributed by atoms with Gasteiger partial charge in [-0.15, -0.1) is 0 Å². The Morgan fingerprint density at radius 2 is 2.09 bits per heavy atom. The SMILES string of the molecule is CCn1cc2ncc(N[C@@H](C)c3cccc(NC(=O)Cc4ccc(Cl)c(F)c4)c3)nc2n1. The number of aromatic nitrogens is 4. The third-order valence-electron chi connectivity index (χ3n) is 4.98. The number of anilines is 2. The van der Waals surface area contributed by atoms with E-state index in [1.165, 1.54) is 12.1 Å². The van der Waals surface area contributed by atoms with Crippen molar-refractivity contribution in [3.05, 3.63) is 76.8 Å². The fourth-order valence-electron chi connectivity index (χ4n) is 3.31. The summed E-state index contributed by atoms with van der Waals surface area (Å²) in [5, 5.41) is 10.6. The second kappa shape index (κ2) is 9.32. The first-order valence-corrected chi connectivity index (χ1v) is 10.6. The van der Waals surface area contributed by atoms with Crippen LogP contribution in [0.4, 0.5) is 15.9 Å². The summed E-state index contributed by atoms with van der Waals surface area (Å²) in [7, 11) is 0. The lowest BCUT2D eigenvalue weighted by Gasteiger charge is -2.16. The molecule has 0 aliphatic heterocycles. The minimum Gasteiger partial charge on any atom is -0.362 e. The molecular formula is C23H22ClFN6O. The Kier molecular flexibility index (Phi) is 6.32. The van der Waals surface area contributed by atoms with Gasteiger partial charge in [-0.3, -0.25) is 9.48 Å². The summed E-state index contributed by atoms with van der Waals surface area (Å²) < 4.78 is 15.4. The lowest BCUT2D eigenvalue weighted by Crippen LogP contribution is -2.15. The van der Waals surface area contributed by atoms with Crippen LogP contribution in [-0.2, 0) is 17.8 Å². The van der Waals surface area contributed by atoms with Crippen LogP contribution >= 0.6 is 11.6 Å². The summed E-state index contributed by atoms with van der Waals surface area (Å²) in [5.74, 6) is -0.167. The van der Waals surface area contributed by atoms with Crippen molar-refractivity contribution in [3.63, 3.8) is 0 Å². The highest BCUT2D eigenvalue weighted by Gasteiger charge is 2.11. The topological polar surface area (TPSA) is 84.7 Å². The van der Waals surface area contributed by atoms with Crippen molar-refractivity contribution in [3.8, 4) is 0 Å². The Labute approximate surface area is 189 Å². The second-order valence-corrected chi connectivity index (χ2v) is 7.82. The molecule has 0 saturated carbocycles. The molecule has 2 heterocycles. The Balaban J connectivity index is 1.42. The van der Waals surface area contributed by atoms with Crippen molar-refractivity contribution in [1.82, 2.24) is 19.7 Å². The quantitative estimate of drug-likeness (QED) is 0.412. The van der Waals surface area contributed by atoms with E-state index in [0.29, 0.717) is 22.7 Å². The predicted molar refractivity (Wildman–Crippen MR) is 123 cm³/mol. The molecule has 0 aliphatic rings. The summed E-state index contributed by atoms with van der Waals surface area (Å²) in [6.45, 7) is 4.75. The number of nitrogens with one attached hydrogen (secondary N) is 2. The Morgan fingerprint density at radius 1 is 1.25 bits per heavy atom. The van der Waals surface area contributed by atoms with Crippen LogP contribution < -0.4 is 10.6 Å². The van der Waals surface area contributed by atoms with E-state index in [2.05, 4.69) is 25.7 Å². The zero-order chi connectivity index (χ0) is 22.7. The molecule has 0 saturated heterocycles. The Bertz CT molecular complexity index is 1270. The number of nitrogens with zero attached hydrogens (tertiary/aromatic N) is 4. The molecule has 0 spiro atoms. The molecule has 4 rings (SSSR count). The molecule has 0 radical (unpaired) electrons. The average molecular weight is 453 g/mol. The minimum absolute atomic E-state index is 0.0332. The van der Waals surface area contributed by atoms with E-state index in [0.717, 1.165) is 17.6 Å². The smallest absolute Gasteiger partial charge is 0.228 e. The maximum absolute atomic E-state index is 13.6. The number of carbonyl (C=O) groups excluding carboxylic acids is 1. The molecule has 2 aromatic heterocycles. The summed E-state index contributed by atoms with van der Waals surface area (Å²) in [4.78, 5) is 21.3. The lowest BCUT2D eigenvalue weighted by atomic mass is 10.1. The van der Waals surface area contributed by atoms with Crippen LogP contribution in [0.2, 0.25) is 5.02 Å². The van der Waals surface area contributed by atoms with E-state index in [1.807, 2.05) is 38.2 Å². The van der Waals surface area contributed by atoms with E-state index in [-0.39, 0.29) is 23.4 Å². The third-order valence-corrected chi connectivity index (χ3v) is 5.29. The molecule has 1 amide bonds. The number of hydrogen-bond acceptors (Lipinski definition) is 5. The van der Waals surface area contributed by atoms with E-state index in [4.69, 9.17) is 11.6 Å². The first-order valence-electron chi connectivity index (χ1n) is 10.2. The summed E-state index contributed by atoms with van der Waals surface area (Å²) in [6.07, 6.45) is 3.59. The molecule has 2 aromatic carbocycles. The Morgan fingerprint density at radius 3 is 2.88 bits per heavy atom. The van der Waals surface area contributed by atoms with Gasteiger partial charge in [0.1, 0.15) is 17.2 Å². The fraction of sp³-hybridized carbons (Fsp3) is 0.217. The molecule has 0 unspecified atom stereocenters. The largest absolute Gasteiger partial charge is 0.362 e. The van der Waals surface area contributed by atoms with Gasteiger partial charge < -0.3 is 10.6 Å². The standard InChI is InChI=1S/C23H22ClFN6O/c1-3-31-13-20-23(30-31)29-21(12-26-20)27-14(2)16-5-4-6-17(11-16)28-22(32)10-15-7-8-18(24)19(25)9-15/h4-9,11-14H,3,10H2,1-2H3,(H,28,32)(H,27,29,30)/t14-/m0/s1. The van der Waals surface area contributed by atoms with Crippen LogP contribution in [-0.4, -0.2) is 25.7 Å². The van der Waals surface area contributed by atoms with Gasteiger partial charge in [0.2, 0.25) is 11.6 Å². The zero-order valence-electron chi connectivity index (χ0n) is 17.6. The van der Waals surface area contributed by atoms with Crippen molar-refractivity contribution in [2.24, 2.45) is 0 Å². The van der Waals surface area contributed by atoms with E-state index in [1.54, 1.807) is 23.0 Å². The van der Waals surface area contributed by atoms with E-state index >= 15 is 0 Å². The van der Waals surface area contributed by atoms with Gasteiger partial charge in [0, 0.05) is 12.2 Å². The van der Waals surface area contributed by atoms with Gasteiger partial charge in [-0.2, -0.15) is 5.10 Å².